The van der Waals surface area contributed by atoms with E-state index < -0.39 is 0 Å². The topological polar surface area (TPSA) is 42.0 Å². The van der Waals surface area contributed by atoms with E-state index in [0.29, 0.717) is 10.8 Å². The number of pyridine rings is 1. The molecule has 1 amide bonds. The second-order valence-corrected chi connectivity index (χ2v) is 4.60. The van der Waals surface area contributed by atoms with E-state index in [1.54, 1.807) is 18.2 Å². The van der Waals surface area contributed by atoms with Crippen LogP contribution in [-0.4, -0.2) is 16.9 Å². The van der Waals surface area contributed by atoms with Gasteiger partial charge in [-0.1, -0.05) is 43.9 Å². The fourth-order valence-electron chi connectivity index (χ4n) is 1.61. The highest BCUT2D eigenvalue weighted by molar-refractivity contribution is 6.29. The summed E-state index contributed by atoms with van der Waals surface area (Å²) >= 11 is 5.74. The molecule has 0 saturated heterocycles. The number of amides is 1. The fourth-order valence-corrected chi connectivity index (χ4v) is 1.77. The van der Waals surface area contributed by atoms with Crippen molar-refractivity contribution in [3.8, 4) is 0 Å². The van der Waals surface area contributed by atoms with E-state index in [2.05, 4.69) is 17.2 Å². The third kappa shape index (κ3) is 5.18. The van der Waals surface area contributed by atoms with E-state index >= 15 is 0 Å². The maximum atomic E-state index is 11.8. The van der Waals surface area contributed by atoms with Gasteiger partial charge in [0.25, 0.3) is 5.91 Å². The largest absolute Gasteiger partial charge is 0.348 e. The number of aromatic nitrogens is 1. The first-order valence-corrected chi connectivity index (χ1v) is 6.44. The van der Waals surface area contributed by atoms with Crippen molar-refractivity contribution in [2.75, 3.05) is 0 Å². The predicted molar refractivity (Wildman–Crippen MR) is 70.3 cm³/mol. The number of rotatable bonds is 6. The van der Waals surface area contributed by atoms with Gasteiger partial charge in [0, 0.05) is 6.04 Å². The Bertz CT molecular complexity index is 368. The third-order valence-electron chi connectivity index (χ3n) is 2.57. The average molecular weight is 255 g/mol. The number of carbonyl (C=O) groups is 1. The summed E-state index contributed by atoms with van der Waals surface area (Å²) in [6.07, 6.45) is 4.53. The molecular weight excluding hydrogens is 236 g/mol. The molecular formula is C13H19ClN2O. The van der Waals surface area contributed by atoms with E-state index in [1.165, 1.54) is 12.8 Å². The van der Waals surface area contributed by atoms with Crippen molar-refractivity contribution < 1.29 is 4.79 Å². The summed E-state index contributed by atoms with van der Waals surface area (Å²) in [5, 5.41) is 3.27. The molecule has 0 aliphatic rings. The van der Waals surface area contributed by atoms with Gasteiger partial charge in [-0.15, -0.1) is 0 Å². The van der Waals surface area contributed by atoms with Gasteiger partial charge in [-0.2, -0.15) is 0 Å². The first kappa shape index (κ1) is 14.0. The van der Waals surface area contributed by atoms with E-state index in [9.17, 15) is 4.79 Å². The van der Waals surface area contributed by atoms with Gasteiger partial charge in [0.15, 0.2) is 0 Å². The Kier molecular flexibility index (Phi) is 5.98. The van der Waals surface area contributed by atoms with Crippen LogP contribution < -0.4 is 5.32 Å². The van der Waals surface area contributed by atoms with E-state index in [0.717, 1.165) is 12.8 Å². The van der Waals surface area contributed by atoms with E-state index in [-0.39, 0.29) is 11.9 Å². The number of hydrogen-bond acceptors (Lipinski definition) is 2. The number of hydrogen-bond donors (Lipinski definition) is 1. The molecule has 1 unspecified atom stereocenters. The summed E-state index contributed by atoms with van der Waals surface area (Å²) in [7, 11) is 0. The Morgan fingerprint density at radius 2 is 2.24 bits per heavy atom. The van der Waals surface area contributed by atoms with Crippen LogP contribution in [0.15, 0.2) is 18.2 Å². The Balaban J connectivity index is 2.43. The molecule has 0 bridgehead atoms. The van der Waals surface area contributed by atoms with Crippen LogP contribution in [0.1, 0.15) is 50.0 Å². The van der Waals surface area contributed by atoms with Gasteiger partial charge >= 0.3 is 0 Å². The minimum absolute atomic E-state index is 0.156. The van der Waals surface area contributed by atoms with Gasteiger partial charge in [0.2, 0.25) is 0 Å². The Hall–Kier alpha value is -1.09. The number of nitrogens with one attached hydrogen (secondary N) is 1. The van der Waals surface area contributed by atoms with Crippen LogP contribution in [0.5, 0.6) is 0 Å². The molecule has 1 rings (SSSR count). The molecule has 1 heterocycles. The van der Waals surface area contributed by atoms with Gasteiger partial charge in [0.1, 0.15) is 10.8 Å². The summed E-state index contributed by atoms with van der Waals surface area (Å²) in [6, 6.07) is 5.23. The van der Waals surface area contributed by atoms with Crippen LogP contribution in [0.3, 0.4) is 0 Å². The van der Waals surface area contributed by atoms with Crippen LogP contribution >= 0.6 is 11.6 Å². The van der Waals surface area contributed by atoms with Gasteiger partial charge in [-0.05, 0) is 25.5 Å². The molecule has 4 heteroatoms. The molecule has 0 aromatic carbocycles. The molecule has 94 valence electrons. The number of unbranched alkanes of at least 4 members (excludes halogenated alkanes) is 2. The lowest BCUT2D eigenvalue weighted by Crippen LogP contribution is -2.33. The van der Waals surface area contributed by atoms with Crippen LogP contribution in [0.25, 0.3) is 0 Å². The average Bonchev–Trinajstić information content (AvgIpc) is 2.29. The smallest absolute Gasteiger partial charge is 0.270 e. The molecule has 1 aromatic heterocycles. The molecule has 1 aromatic rings. The van der Waals surface area contributed by atoms with Crippen LogP contribution in [0.2, 0.25) is 5.15 Å². The summed E-state index contributed by atoms with van der Waals surface area (Å²) in [6.45, 7) is 4.18. The van der Waals surface area contributed by atoms with Crippen molar-refractivity contribution in [1.29, 1.82) is 0 Å². The molecule has 0 aliphatic heterocycles. The van der Waals surface area contributed by atoms with E-state index in [4.69, 9.17) is 11.6 Å². The molecule has 0 aliphatic carbocycles. The van der Waals surface area contributed by atoms with Crippen molar-refractivity contribution >= 4 is 17.5 Å². The Labute approximate surface area is 108 Å². The Morgan fingerprint density at radius 1 is 1.47 bits per heavy atom. The quantitative estimate of drug-likeness (QED) is 0.624. The summed E-state index contributed by atoms with van der Waals surface area (Å²) in [4.78, 5) is 15.8. The van der Waals surface area contributed by atoms with Crippen LogP contribution in [0, 0.1) is 0 Å². The number of halogens is 1. The molecule has 3 nitrogen and oxygen atoms in total. The molecule has 0 spiro atoms. The van der Waals surface area contributed by atoms with E-state index in [1.807, 2.05) is 6.92 Å². The monoisotopic (exact) mass is 254 g/mol. The lowest BCUT2D eigenvalue weighted by atomic mass is 10.1. The molecule has 0 radical (unpaired) electrons. The zero-order valence-corrected chi connectivity index (χ0v) is 11.1. The molecule has 0 fully saturated rings. The zero-order chi connectivity index (χ0) is 12.7. The van der Waals surface area contributed by atoms with Crippen molar-refractivity contribution in [3.63, 3.8) is 0 Å². The first-order chi connectivity index (χ1) is 8.13. The highest BCUT2D eigenvalue weighted by Crippen LogP contribution is 2.07. The summed E-state index contributed by atoms with van der Waals surface area (Å²) < 4.78 is 0. The summed E-state index contributed by atoms with van der Waals surface area (Å²) in [5.74, 6) is -0.156. The standard InChI is InChI=1S/C13H19ClN2O/c1-3-4-5-7-10(2)15-13(17)11-8-6-9-12(14)16-11/h6,8-10H,3-5,7H2,1-2H3,(H,15,17). The zero-order valence-electron chi connectivity index (χ0n) is 10.4. The fraction of sp³-hybridized carbons (Fsp3) is 0.538. The van der Waals surface area contributed by atoms with Crippen LogP contribution in [0.4, 0.5) is 0 Å². The molecule has 1 atom stereocenters. The van der Waals surface area contributed by atoms with Gasteiger partial charge < -0.3 is 5.32 Å². The minimum atomic E-state index is -0.156. The first-order valence-electron chi connectivity index (χ1n) is 6.07. The minimum Gasteiger partial charge on any atom is -0.348 e. The third-order valence-corrected chi connectivity index (χ3v) is 2.78. The number of nitrogens with zero attached hydrogens (tertiary/aromatic N) is 1. The predicted octanol–water partition coefficient (Wildman–Crippen LogP) is 3.43. The van der Waals surface area contributed by atoms with Crippen molar-refractivity contribution in [2.24, 2.45) is 0 Å². The van der Waals surface area contributed by atoms with Gasteiger partial charge in [-0.3, -0.25) is 4.79 Å². The maximum absolute atomic E-state index is 11.8. The van der Waals surface area contributed by atoms with Crippen molar-refractivity contribution in [2.45, 2.75) is 45.6 Å². The van der Waals surface area contributed by atoms with Crippen molar-refractivity contribution in [3.05, 3.63) is 29.0 Å². The Morgan fingerprint density at radius 3 is 2.88 bits per heavy atom. The highest BCUT2D eigenvalue weighted by Gasteiger charge is 2.10. The summed E-state index contributed by atoms with van der Waals surface area (Å²) in [5.41, 5.74) is 0.375. The molecule has 0 saturated carbocycles. The van der Waals surface area contributed by atoms with Crippen LogP contribution in [-0.2, 0) is 0 Å². The molecule has 17 heavy (non-hydrogen) atoms. The maximum Gasteiger partial charge on any atom is 0.270 e. The van der Waals surface area contributed by atoms with Crippen molar-refractivity contribution in [1.82, 2.24) is 10.3 Å². The number of carbonyl (C=O) groups excluding carboxylic acids is 1. The highest BCUT2D eigenvalue weighted by atomic mass is 35.5. The second-order valence-electron chi connectivity index (χ2n) is 4.22. The SMILES string of the molecule is CCCCCC(C)NC(=O)c1cccc(Cl)n1. The normalized spacial score (nSPS) is 12.2. The van der Waals surface area contributed by atoms with Gasteiger partial charge in [0.05, 0.1) is 0 Å². The van der Waals surface area contributed by atoms with Gasteiger partial charge in [-0.25, -0.2) is 4.98 Å². The lowest BCUT2D eigenvalue weighted by Gasteiger charge is -2.13. The lowest BCUT2D eigenvalue weighted by molar-refractivity contribution is 0.0933. The molecule has 1 N–H and O–H groups in total. The second kappa shape index (κ2) is 7.28.